The minimum Gasteiger partial charge on any atom is -0.370 e. The number of hydrogen-bond donors (Lipinski definition) is 0. The minimum absolute atomic E-state index is 0.188. The number of hydrogen-bond acceptors (Lipinski definition) is 7. The highest BCUT2D eigenvalue weighted by Crippen LogP contribution is 2.40. The molecule has 2 saturated carbocycles. The topological polar surface area (TPSA) is 86.9 Å². The van der Waals surface area contributed by atoms with Gasteiger partial charge in [-0.2, -0.15) is 0 Å². The van der Waals surface area contributed by atoms with Crippen molar-refractivity contribution in [1.29, 1.82) is 0 Å². The molecule has 7 nitrogen and oxygen atoms in total. The highest BCUT2D eigenvalue weighted by atomic mass is 17.5. The van der Waals surface area contributed by atoms with Crippen LogP contribution in [0.25, 0.3) is 0 Å². The Labute approximate surface area is 121 Å². The van der Waals surface area contributed by atoms with Crippen LogP contribution in [0.4, 0.5) is 0 Å². The van der Waals surface area contributed by atoms with E-state index >= 15 is 0 Å². The van der Waals surface area contributed by atoms with Crippen LogP contribution in [0.2, 0.25) is 0 Å². The molecule has 0 radical (unpaired) electrons. The van der Waals surface area contributed by atoms with Crippen LogP contribution in [0.1, 0.15) is 38.5 Å². The number of ether oxygens (including phenoxy) is 2. The van der Waals surface area contributed by atoms with E-state index in [1.165, 1.54) is 0 Å². The van der Waals surface area contributed by atoms with Gasteiger partial charge in [0.25, 0.3) is 0 Å². The molecule has 0 amide bonds. The minimum atomic E-state index is -0.494. The van der Waals surface area contributed by atoms with E-state index in [2.05, 4.69) is 14.8 Å². The maximum absolute atomic E-state index is 11.8. The van der Waals surface area contributed by atoms with Crippen molar-refractivity contribution in [3.63, 3.8) is 0 Å². The first-order valence-electron chi connectivity index (χ1n) is 7.60. The van der Waals surface area contributed by atoms with Gasteiger partial charge in [-0.3, -0.25) is 9.78 Å². The van der Waals surface area contributed by atoms with E-state index < -0.39 is 11.9 Å². The van der Waals surface area contributed by atoms with Crippen molar-refractivity contribution in [2.24, 2.45) is 11.8 Å². The van der Waals surface area contributed by atoms with Gasteiger partial charge in [-0.05, 0) is 38.5 Å². The predicted octanol–water partition coefficient (Wildman–Crippen LogP) is 1.05. The Balaban J connectivity index is 1.16. The summed E-state index contributed by atoms with van der Waals surface area (Å²) >= 11 is 0. The number of rotatable bonds is 4. The monoisotopic (exact) mass is 298 g/mol. The van der Waals surface area contributed by atoms with Gasteiger partial charge in [0.1, 0.15) is 0 Å². The molecule has 4 rings (SSSR count). The molecule has 0 spiro atoms. The maximum atomic E-state index is 11.8. The van der Waals surface area contributed by atoms with Crippen LogP contribution in [0.3, 0.4) is 0 Å². The summed E-state index contributed by atoms with van der Waals surface area (Å²) in [5, 5.41) is 4.38. The van der Waals surface area contributed by atoms with E-state index in [0.29, 0.717) is 25.0 Å². The van der Waals surface area contributed by atoms with Crippen LogP contribution in [0, 0.1) is 11.8 Å². The summed E-state index contributed by atoms with van der Waals surface area (Å²) in [6.07, 6.45) is 5.53. The van der Waals surface area contributed by atoms with E-state index in [4.69, 9.17) is 9.47 Å². The Hall–Kier alpha value is -1.18. The highest BCUT2D eigenvalue weighted by Gasteiger charge is 2.47. The summed E-state index contributed by atoms with van der Waals surface area (Å²) in [6.45, 7) is 0. The third-order valence-electron chi connectivity index (χ3n) is 4.91. The van der Waals surface area contributed by atoms with E-state index in [1.54, 1.807) is 0 Å². The van der Waals surface area contributed by atoms with Crippen LogP contribution in [-0.2, 0) is 33.9 Å². The molecule has 6 unspecified atom stereocenters. The third kappa shape index (κ3) is 2.90. The van der Waals surface area contributed by atoms with E-state index in [0.717, 1.165) is 25.7 Å². The van der Waals surface area contributed by atoms with Gasteiger partial charge in [-0.15, -0.1) is 0 Å². The lowest BCUT2D eigenvalue weighted by atomic mass is 9.89. The Morgan fingerprint density at radius 3 is 1.62 bits per heavy atom. The predicted molar refractivity (Wildman–Crippen MR) is 65.3 cm³/mol. The lowest BCUT2D eigenvalue weighted by Gasteiger charge is -2.17. The molecule has 116 valence electrons. The molecule has 2 saturated heterocycles. The Morgan fingerprint density at radius 1 is 0.714 bits per heavy atom. The molecule has 4 fully saturated rings. The zero-order valence-corrected chi connectivity index (χ0v) is 11.6. The molecule has 21 heavy (non-hydrogen) atoms. The number of carbonyl (C=O) groups excluding carboxylic acids is 2. The summed E-state index contributed by atoms with van der Waals surface area (Å²) < 4.78 is 10.7. The fourth-order valence-electron chi connectivity index (χ4n) is 3.46. The van der Waals surface area contributed by atoms with Gasteiger partial charge in [0.2, 0.25) is 0 Å². The Morgan fingerprint density at radius 2 is 1.19 bits per heavy atom. The van der Waals surface area contributed by atoms with Crippen LogP contribution in [0.15, 0.2) is 0 Å². The standard InChI is InChI=1S/C14H18O7/c15-13(7-1-3-9-11(5-7)17-9)19-21-20-14(16)8-2-4-10-12(6-8)18-10/h7-12H,1-6H2. The summed E-state index contributed by atoms with van der Waals surface area (Å²) in [6, 6.07) is 0. The van der Waals surface area contributed by atoms with Crippen LogP contribution < -0.4 is 0 Å². The van der Waals surface area contributed by atoms with Crippen molar-refractivity contribution in [3.8, 4) is 0 Å². The second-order valence-corrected chi connectivity index (χ2v) is 6.32. The van der Waals surface area contributed by atoms with Crippen LogP contribution in [0.5, 0.6) is 0 Å². The summed E-state index contributed by atoms with van der Waals surface area (Å²) in [7, 11) is 0. The maximum Gasteiger partial charge on any atom is 0.349 e. The SMILES string of the molecule is O=C(OOOC(=O)C1CCC2OC2C1)C1CCC2OC2C1. The van der Waals surface area contributed by atoms with Crippen molar-refractivity contribution in [2.75, 3.05) is 0 Å². The number of carbonyl (C=O) groups is 2. The normalized spacial score (nSPS) is 43.2. The number of epoxide rings is 2. The second-order valence-electron chi connectivity index (χ2n) is 6.32. The summed E-state index contributed by atoms with van der Waals surface area (Å²) in [4.78, 5) is 32.7. The lowest BCUT2D eigenvalue weighted by Crippen LogP contribution is -2.27. The first-order chi connectivity index (χ1) is 10.2. The Bertz CT molecular complexity index is 411. The quantitative estimate of drug-likeness (QED) is 0.435. The molecule has 0 bridgehead atoms. The van der Waals surface area contributed by atoms with Crippen molar-refractivity contribution >= 4 is 11.9 Å². The van der Waals surface area contributed by atoms with E-state index in [9.17, 15) is 9.59 Å². The molecule has 0 aromatic heterocycles. The average Bonchev–Trinajstić information content (AvgIpc) is 3.38. The molecule has 0 aromatic carbocycles. The number of fused-ring (bicyclic) bond motifs is 2. The first kappa shape index (κ1) is 13.5. The molecule has 4 aliphatic rings. The first-order valence-corrected chi connectivity index (χ1v) is 7.60. The van der Waals surface area contributed by atoms with Gasteiger partial charge >= 0.3 is 11.9 Å². The molecule has 2 aliphatic carbocycles. The molecule has 6 atom stereocenters. The van der Waals surface area contributed by atoms with Gasteiger partial charge in [-0.25, -0.2) is 9.59 Å². The van der Waals surface area contributed by atoms with Crippen molar-refractivity contribution in [1.82, 2.24) is 0 Å². The van der Waals surface area contributed by atoms with Gasteiger partial charge in [0.05, 0.1) is 36.3 Å². The van der Waals surface area contributed by atoms with E-state index in [1.807, 2.05) is 0 Å². The Kier molecular flexibility index (Phi) is 3.35. The zero-order valence-electron chi connectivity index (χ0n) is 11.6. The zero-order chi connectivity index (χ0) is 14.4. The van der Waals surface area contributed by atoms with Gasteiger partial charge < -0.3 is 9.47 Å². The largest absolute Gasteiger partial charge is 0.370 e. The fourth-order valence-corrected chi connectivity index (χ4v) is 3.46. The van der Waals surface area contributed by atoms with Crippen LogP contribution >= 0.6 is 0 Å². The average molecular weight is 298 g/mol. The highest BCUT2D eigenvalue weighted by molar-refractivity contribution is 5.73. The lowest BCUT2D eigenvalue weighted by molar-refractivity contribution is -0.462. The molecule has 2 heterocycles. The van der Waals surface area contributed by atoms with E-state index in [-0.39, 0.29) is 24.0 Å². The second kappa shape index (κ2) is 5.23. The van der Waals surface area contributed by atoms with Crippen LogP contribution in [-0.4, -0.2) is 36.4 Å². The molecular weight excluding hydrogens is 280 g/mol. The van der Waals surface area contributed by atoms with Gasteiger partial charge in [-0.1, -0.05) is 0 Å². The molecule has 7 heteroatoms. The van der Waals surface area contributed by atoms with Crippen molar-refractivity contribution in [3.05, 3.63) is 0 Å². The van der Waals surface area contributed by atoms with Crippen molar-refractivity contribution < 1.29 is 33.9 Å². The molecule has 0 N–H and O–H groups in total. The third-order valence-corrected chi connectivity index (χ3v) is 4.91. The van der Waals surface area contributed by atoms with Crippen molar-refractivity contribution in [2.45, 2.75) is 62.9 Å². The summed E-state index contributed by atoms with van der Waals surface area (Å²) in [5.41, 5.74) is 0. The molecule has 0 aromatic rings. The fraction of sp³-hybridized carbons (Fsp3) is 0.857. The molecular formula is C14H18O7. The van der Waals surface area contributed by atoms with Gasteiger partial charge in [0.15, 0.2) is 0 Å². The molecule has 2 aliphatic heterocycles. The van der Waals surface area contributed by atoms with Gasteiger partial charge in [0, 0.05) is 5.04 Å². The summed E-state index contributed by atoms with van der Waals surface area (Å²) in [5.74, 6) is -1.46. The smallest absolute Gasteiger partial charge is 0.349 e.